The molecule has 1 amide bonds. The van der Waals surface area contributed by atoms with Crippen LogP contribution in [0.5, 0.6) is 0 Å². The summed E-state index contributed by atoms with van der Waals surface area (Å²) < 4.78 is 1.83. The van der Waals surface area contributed by atoms with E-state index in [1.807, 2.05) is 48.3 Å². The first-order valence-corrected chi connectivity index (χ1v) is 8.22. The normalized spacial score (nSPS) is 17.0. The van der Waals surface area contributed by atoms with E-state index in [0.29, 0.717) is 6.54 Å². The van der Waals surface area contributed by atoms with Gasteiger partial charge < -0.3 is 10.6 Å². The summed E-state index contributed by atoms with van der Waals surface area (Å²) in [5, 5.41) is 4.38. The van der Waals surface area contributed by atoms with Crippen molar-refractivity contribution >= 4 is 5.91 Å². The number of benzene rings is 1. The Kier molecular flexibility index (Phi) is 4.48. The number of carbonyl (C=O) groups is 1. The molecular weight excluding hydrogens is 288 g/mol. The molecule has 0 saturated heterocycles. The number of amides is 1. The lowest BCUT2D eigenvalue weighted by atomic mass is 9.81. The standard InChI is InChI=1S/C18H24N4O/c1-21(17(23)18(19)10-6-3-7-11-18)13-15-12-20-22(14-15)16-8-4-2-5-9-16/h2,4-5,8-9,12,14H,3,6-7,10-11,13,19H2,1H3. The van der Waals surface area contributed by atoms with Gasteiger partial charge in [0.25, 0.3) is 0 Å². The Morgan fingerprint density at radius 3 is 2.65 bits per heavy atom. The van der Waals surface area contributed by atoms with Gasteiger partial charge in [0.15, 0.2) is 0 Å². The molecule has 122 valence electrons. The Morgan fingerprint density at radius 2 is 1.96 bits per heavy atom. The van der Waals surface area contributed by atoms with Crippen LogP contribution < -0.4 is 5.73 Å². The number of carbonyl (C=O) groups excluding carboxylic acids is 1. The van der Waals surface area contributed by atoms with Crippen molar-refractivity contribution in [1.29, 1.82) is 0 Å². The number of rotatable bonds is 4. The van der Waals surface area contributed by atoms with E-state index in [1.165, 1.54) is 6.42 Å². The lowest BCUT2D eigenvalue weighted by Gasteiger charge is -2.35. The second-order valence-electron chi connectivity index (χ2n) is 6.51. The van der Waals surface area contributed by atoms with Gasteiger partial charge in [-0.1, -0.05) is 37.5 Å². The smallest absolute Gasteiger partial charge is 0.242 e. The van der Waals surface area contributed by atoms with Crippen LogP contribution in [0.15, 0.2) is 42.7 Å². The molecule has 0 radical (unpaired) electrons. The van der Waals surface area contributed by atoms with Gasteiger partial charge in [-0.05, 0) is 25.0 Å². The molecule has 1 aromatic heterocycles. The number of nitrogens with two attached hydrogens (primary N) is 1. The van der Waals surface area contributed by atoms with Gasteiger partial charge >= 0.3 is 0 Å². The Hall–Kier alpha value is -2.14. The predicted molar refractivity (Wildman–Crippen MR) is 90.0 cm³/mol. The molecule has 0 bridgehead atoms. The van der Waals surface area contributed by atoms with E-state index in [4.69, 9.17) is 5.73 Å². The number of aromatic nitrogens is 2. The molecular formula is C18H24N4O. The van der Waals surface area contributed by atoms with Gasteiger partial charge in [0.1, 0.15) is 0 Å². The Balaban J connectivity index is 1.67. The second kappa shape index (κ2) is 6.54. The average Bonchev–Trinajstić information content (AvgIpc) is 3.04. The molecule has 0 spiro atoms. The van der Waals surface area contributed by atoms with Crippen LogP contribution in [0.25, 0.3) is 5.69 Å². The van der Waals surface area contributed by atoms with Gasteiger partial charge in [-0.2, -0.15) is 5.10 Å². The first-order valence-electron chi connectivity index (χ1n) is 8.22. The molecule has 1 fully saturated rings. The number of hydrogen-bond acceptors (Lipinski definition) is 3. The van der Waals surface area contributed by atoms with E-state index < -0.39 is 5.54 Å². The molecule has 5 nitrogen and oxygen atoms in total. The summed E-state index contributed by atoms with van der Waals surface area (Å²) in [5.74, 6) is 0.0460. The minimum atomic E-state index is -0.678. The molecule has 2 N–H and O–H groups in total. The Morgan fingerprint density at radius 1 is 1.26 bits per heavy atom. The Bertz CT molecular complexity index is 659. The molecule has 0 aliphatic heterocycles. The molecule has 0 unspecified atom stereocenters. The summed E-state index contributed by atoms with van der Waals surface area (Å²) in [5.41, 5.74) is 7.68. The van der Waals surface area contributed by atoms with Crippen LogP contribution in [0, 0.1) is 0 Å². The first-order chi connectivity index (χ1) is 11.1. The van der Waals surface area contributed by atoms with Crippen LogP contribution in [0.3, 0.4) is 0 Å². The van der Waals surface area contributed by atoms with Crippen LogP contribution in [0.2, 0.25) is 0 Å². The minimum absolute atomic E-state index is 0.0460. The summed E-state index contributed by atoms with van der Waals surface area (Å²) in [4.78, 5) is 14.4. The van der Waals surface area contributed by atoms with Crippen molar-refractivity contribution in [2.45, 2.75) is 44.2 Å². The third-order valence-electron chi connectivity index (χ3n) is 4.59. The maximum atomic E-state index is 12.7. The van der Waals surface area contributed by atoms with E-state index in [1.54, 1.807) is 11.1 Å². The summed E-state index contributed by atoms with van der Waals surface area (Å²) in [7, 11) is 1.82. The van der Waals surface area contributed by atoms with Crippen molar-refractivity contribution in [2.75, 3.05) is 7.05 Å². The fraction of sp³-hybridized carbons (Fsp3) is 0.444. The fourth-order valence-electron chi connectivity index (χ4n) is 3.29. The van der Waals surface area contributed by atoms with Crippen molar-refractivity contribution in [3.8, 4) is 5.69 Å². The zero-order valence-electron chi connectivity index (χ0n) is 13.6. The summed E-state index contributed by atoms with van der Waals surface area (Å²) in [6.45, 7) is 0.532. The highest BCUT2D eigenvalue weighted by atomic mass is 16.2. The second-order valence-corrected chi connectivity index (χ2v) is 6.51. The van der Waals surface area contributed by atoms with Crippen molar-refractivity contribution in [2.24, 2.45) is 5.73 Å². The lowest BCUT2D eigenvalue weighted by molar-refractivity contribution is -0.137. The first kappa shape index (κ1) is 15.7. The van der Waals surface area contributed by atoms with Crippen LogP contribution in [0.1, 0.15) is 37.7 Å². The molecule has 1 aliphatic rings. The van der Waals surface area contributed by atoms with E-state index in [9.17, 15) is 4.79 Å². The van der Waals surface area contributed by atoms with Crippen molar-refractivity contribution in [1.82, 2.24) is 14.7 Å². The molecule has 1 heterocycles. The van der Waals surface area contributed by atoms with Gasteiger partial charge in [0.05, 0.1) is 17.4 Å². The minimum Gasteiger partial charge on any atom is -0.340 e. The monoisotopic (exact) mass is 312 g/mol. The van der Waals surface area contributed by atoms with Crippen LogP contribution >= 0.6 is 0 Å². The van der Waals surface area contributed by atoms with E-state index in [0.717, 1.165) is 36.9 Å². The third-order valence-corrected chi connectivity index (χ3v) is 4.59. The van der Waals surface area contributed by atoms with E-state index in [-0.39, 0.29) is 5.91 Å². The van der Waals surface area contributed by atoms with Gasteiger partial charge in [-0.3, -0.25) is 4.79 Å². The maximum absolute atomic E-state index is 12.7. The quantitative estimate of drug-likeness (QED) is 0.943. The van der Waals surface area contributed by atoms with Crippen molar-refractivity contribution in [3.63, 3.8) is 0 Å². The topological polar surface area (TPSA) is 64.2 Å². The SMILES string of the molecule is CN(Cc1cnn(-c2ccccc2)c1)C(=O)C1(N)CCCCC1. The molecule has 23 heavy (non-hydrogen) atoms. The highest BCUT2D eigenvalue weighted by molar-refractivity contribution is 5.86. The summed E-state index contributed by atoms with van der Waals surface area (Å²) in [6.07, 6.45) is 8.62. The predicted octanol–water partition coefficient (Wildman–Crippen LogP) is 2.49. The van der Waals surface area contributed by atoms with Crippen molar-refractivity contribution < 1.29 is 4.79 Å². The number of para-hydroxylation sites is 1. The zero-order valence-corrected chi connectivity index (χ0v) is 13.6. The molecule has 2 aromatic rings. The molecule has 0 atom stereocenters. The van der Waals surface area contributed by atoms with Gasteiger partial charge in [-0.15, -0.1) is 0 Å². The van der Waals surface area contributed by atoms with Gasteiger partial charge in [0.2, 0.25) is 5.91 Å². The van der Waals surface area contributed by atoms with Gasteiger partial charge in [-0.25, -0.2) is 4.68 Å². The Labute approximate surface area is 137 Å². The molecule has 3 rings (SSSR count). The zero-order chi connectivity index (χ0) is 16.3. The van der Waals surface area contributed by atoms with Crippen LogP contribution in [-0.4, -0.2) is 33.2 Å². The molecule has 1 aromatic carbocycles. The van der Waals surface area contributed by atoms with Gasteiger partial charge in [0, 0.05) is 25.4 Å². The average molecular weight is 312 g/mol. The molecule has 5 heteroatoms. The molecule has 1 saturated carbocycles. The number of likely N-dealkylation sites (N-methyl/N-ethyl adjacent to an activating group) is 1. The lowest BCUT2D eigenvalue weighted by Crippen LogP contribution is -2.55. The van der Waals surface area contributed by atoms with E-state index >= 15 is 0 Å². The van der Waals surface area contributed by atoms with Crippen molar-refractivity contribution in [3.05, 3.63) is 48.3 Å². The summed E-state index contributed by atoms with van der Waals surface area (Å²) >= 11 is 0. The highest BCUT2D eigenvalue weighted by Gasteiger charge is 2.37. The number of nitrogens with zero attached hydrogens (tertiary/aromatic N) is 3. The van der Waals surface area contributed by atoms with Crippen LogP contribution in [0.4, 0.5) is 0 Å². The fourth-order valence-corrected chi connectivity index (χ4v) is 3.29. The largest absolute Gasteiger partial charge is 0.340 e. The number of hydrogen-bond donors (Lipinski definition) is 1. The highest BCUT2D eigenvalue weighted by Crippen LogP contribution is 2.27. The maximum Gasteiger partial charge on any atom is 0.242 e. The summed E-state index contributed by atoms with van der Waals surface area (Å²) in [6, 6.07) is 9.94. The molecule has 1 aliphatic carbocycles. The van der Waals surface area contributed by atoms with E-state index in [2.05, 4.69) is 5.10 Å². The third kappa shape index (κ3) is 3.45. The van der Waals surface area contributed by atoms with Crippen LogP contribution in [-0.2, 0) is 11.3 Å².